The molecule has 1 aliphatic heterocycles. The molecule has 0 aliphatic carbocycles. The molecule has 0 bridgehead atoms. The molecule has 0 saturated carbocycles. The van der Waals surface area contributed by atoms with Gasteiger partial charge in [-0.05, 0) is 25.0 Å². The second-order valence-electron chi connectivity index (χ2n) is 7.42. The molecule has 2 aromatic heterocycles. The molecule has 1 aromatic carbocycles. The van der Waals surface area contributed by atoms with E-state index < -0.39 is 0 Å². The number of benzene rings is 1. The molecular weight excluding hydrogens is 451 g/mol. The second-order valence-corrected chi connectivity index (χ2v) is 8.17. The molecule has 4 rings (SSSR count). The Labute approximate surface area is 196 Å². The van der Waals surface area contributed by atoms with Gasteiger partial charge in [-0.15, -0.1) is 0 Å². The highest BCUT2D eigenvalue weighted by molar-refractivity contribution is 6.41. The Morgan fingerprint density at radius 1 is 1.09 bits per heavy atom. The van der Waals surface area contributed by atoms with E-state index in [9.17, 15) is 0 Å². The Balaban J connectivity index is 1.72. The van der Waals surface area contributed by atoms with E-state index in [0.717, 1.165) is 37.3 Å². The van der Waals surface area contributed by atoms with Crippen molar-refractivity contribution in [3.63, 3.8) is 0 Å². The maximum absolute atomic E-state index is 6.53. The summed E-state index contributed by atoms with van der Waals surface area (Å²) in [7, 11) is 3.05. The number of rotatable bonds is 6. The van der Waals surface area contributed by atoms with Gasteiger partial charge in [-0.3, -0.25) is 0 Å². The largest absolute Gasteiger partial charge is 0.495 e. The summed E-state index contributed by atoms with van der Waals surface area (Å²) >= 11 is 13.1. The van der Waals surface area contributed by atoms with Crippen LogP contribution in [0.15, 0.2) is 36.8 Å². The second kappa shape index (κ2) is 9.77. The molecule has 32 heavy (non-hydrogen) atoms. The monoisotopic (exact) mass is 474 g/mol. The number of methoxy groups -OCH3 is 2. The molecule has 3 heterocycles. The average Bonchev–Trinajstić information content (AvgIpc) is 2.82. The lowest BCUT2D eigenvalue weighted by Gasteiger charge is -2.31. The van der Waals surface area contributed by atoms with Gasteiger partial charge in [0.25, 0.3) is 0 Å². The van der Waals surface area contributed by atoms with Crippen molar-refractivity contribution in [1.29, 1.82) is 0 Å². The third kappa shape index (κ3) is 4.53. The number of hydrogen-bond acceptors (Lipinski definition) is 8. The maximum atomic E-state index is 6.53. The Morgan fingerprint density at radius 2 is 1.84 bits per heavy atom. The number of anilines is 3. The van der Waals surface area contributed by atoms with Crippen molar-refractivity contribution < 1.29 is 9.47 Å². The first kappa shape index (κ1) is 22.4. The zero-order valence-corrected chi connectivity index (χ0v) is 19.3. The third-order valence-electron chi connectivity index (χ3n) is 5.34. The lowest BCUT2D eigenvalue weighted by molar-refractivity contribution is 0.395. The first-order chi connectivity index (χ1) is 15.5. The minimum Gasteiger partial charge on any atom is -0.495 e. The molecule has 0 amide bonds. The van der Waals surface area contributed by atoms with Crippen molar-refractivity contribution >= 4 is 40.5 Å². The normalized spacial score (nSPS) is 16.0. The van der Waals surface area contributed by atoms with Crippen LogP contribution >= 0.6 is 23.2 Å². The van der Waals surface area contributed by atoms with Crippen LogP contribution in [0.2, 0.25) is 10.0 Å². The van der Waals surface area contributed by atoms with Crippen LogP contribution < -0.4 is 25.4 Å². The van der Waals surface area contributed by atoms with E-state index in [0.29, 0.717) is 38.7 Å². The van der Waals surface area contributed by atoms with Crippen molar-refractivity contribution in [2.45, 2.75) is 18.9 Å². The number of hydrogen-bond donors (Lipinski definition) is 2. The molecule has 3 aromatic rings. The fourth-order valence-electron chi connectivity index (χ4n) is 3.71. The minimum absolute atomic E-state index is 0.144. The van der Waals surface area contributed by atoms with Crippen LogP contribution in [-0.4, -0.2) is 48.3 Å². The predicted octanol–water partition coefficient (Wildman–Crippen LogP) is 4.53. The molecule has 1 atom stereocenters. The van der Waals surface area contributed by atoms with Crippen molar-refractivity contribution in [3.8, 4) is 22.8 Å². The van der Waals surface area contributed by atoms with Gasteiger partial charge >= 0.3 is 0 Å². The van der Waals surface area contributed by atoms with Gasteiger partial charge in [0.1, 0.15) is 39.5 Å². The molecule has 0 radical (unpaired) electrons. The van der Waals surface area contributed by atoms with E-state index in [1.165, 1.54) is 14.2 Å². The average molecular weight is 475 g/mol. The number of nitrogens with zero attached hydrogens (tertiary/aromatic N) is 4. The molecule has 10 heteroatoms. The quantitative estimate of drug-likeness (QED) is 0.537. The van der Waals surface area contributed by atoms with E-state index in [-0.39, 0.29) is 6.04 Å². The van der Waals surface area contributed by atoms with Gasteiger partial charge in [0.15, 0.2) is 0 Å². The zero-order valence-electron chi connectivity index (χ0n) is 17.8. The van der Waals surface area contributed by atoms with Crippen molar-refractivity contribution in [2.24, 2.45) is 5.73 Å². The summed E-state index contributed by atoms with van der Waals surface area (Å²) in [6.45, 7) is 1.68. The molecule has 1 aliphatic rings. The smallest absolute Gasteiger partial charge is 0.143 e. The van der Waals surface area contributed by atoms with Crippen LogP contribution in [0.5, 0.6) is 11.5 Å². The fraction of sp³-hybridized carbons (Fsp3) is 0.318. The maximum Gasteiger partial charge on any atom is 0.143 e. The number of aromatic nitrogens is 3. The summed E-state index contributed by atoms with van der Waals surface area (Å²) in [5, 5.41) is 3.87. The SMILES string of the molecule is COc1cc(OC)c(Cl)c(Nc2ncccc2-c2cc(N3CCCC(N)C3)ncn2)c1Cl. The van der Waals surface area contributed by atoms with Gasteiger partial charge in [0, 0.05) is 43.0 Å². The van der Waals surface area contributed by atoms with Gasteiger partial charge in [0.2, 0.25) is 0 Å². The molecule has 0 spiro atoms. The predicted molar refractivity (Wildman–Crippen MR) is 128 cm³/mol. The molecule has 3 N–H and O–H groups in total. The van der Waals surface area contributed by atoms with Gasteiger partial charge in [-0.1, -0.05) is 23.2 Å². The van der Waals surface area contributed by atoms with Gasteiger partial charge in [-0.2, -0.15) is 0 Å². The minimum atomic E-state index is 0.144. The highest BCUT2D eigenvalue weighted by Crippen LogP contribution is 2.45. The summed E-state index contributed by atoms with van der Waals surface area (Å²) in [6.07, 6.45) is 5.29. The Hall–Kier alpha value is -2.81. The molecule has 168 valence electrons. The fourth-order valence-corrected chi connectivity index (χ4v) is 4.31. The molecule has 1 fully saturated rings. The molecule has 1 saturated heterocycles. The lowest BCUT2D eigenvalue weighted by Crippen LogP contribution is -2.43. The van der Waals surface area contributed by atoms with Gasteiger partial charge < -0.3 is 25.4 Å². The van der Waals surface area contributed by atoms with Crippen LogP contribution in [-0.2, 0) is 0 Å². The first-order valence-electron chi connectivity index (χ1n) is 10.2. The molecular formula is C22H24Cl2N6O2. The summed E-state index contributed by atoms with van der Waals surface area (Å²) in [5.41, 5.74) is 8.06. The Morgan fingerprint density at radius 3 is 2.53 bits per heavy atom. The molecule has 1 unspecified atom stereocenters. The van der Waals surface area contributed by atoms with Gasteiger partial charge in [0.05, 0.1) is 25.6 Å². The van der Waals surface area contributed by atoms with Crippen molar-refractivity contribution in [3.05, 3.63) is 46.8 Å². The highest BCUT2D eigenvalue weighted by Gasteiger charge is 2.21. The summed E-state index contributed by atoms with van der Waals surface area (Å²) in [6, 6.07) is 7.48. The molecule has 8 nitrogen and oxygen atoms in total. The summed E-state index contributed by atoms with van der Waals surface area (Å²) in [5.74, 6) is 2.22. The summed E-state index contributed by atoms with van der Waals surface area (Å²) < 4.78 is 10.7. The number of ether oxygens (including phenoxy) is 2. The van der Waals surface area contributed by atoms with E-state index in [2.05, 4.69) is 25.2 Å². The van der Waals surface area contributed by atoms with E-state index in [4.69, 9.17) is 38.4 Å². The van der Waals surface area contributed by atoms with Crippen LogP contribution in [0, 0.1) is 0 Å². The van der Waals surface area contributed by atoms with Crippen LogP contribution in [0.1, 0.15) is 12.8 Å². The zero-order chi connectivity index (χ0) is 22.7. The van der Waals surface area contributed by atoms with Crippen molar-refractivity contribution in [2.75, 3.05) is 37.5 Å². The number of nitrogens with two attached hydrogens (primary N) is 1. The van der Waals surface area contributed by atoms with Crippen LogP contribution in [0.3, 0.4) is 0 Å². The Kier molecular flexibility index (Phi) is 6.83. The van der Waals surface area contributed by atoms with E-state index in [1.54, 1.807) is 18.6 Å². The topological polar surface area (TPSA) is 98.4 Å². The number of piperidine rings is 1. The Bertz CT molecular complexity index is 1090. The number of nitrogens with one attached hydrogen (secondary N) is 1. The van der Waals surface area contributed by atoms with E-state index in [1.807, 2.05) is 18.2 Å². The van der Waals surface area contributed by atoms with Crippen LogP contribution in [0.4, 0.5) is 17.3 Å². The van der Waals surface area contributed by atoms with Crippen molar-refractivity contribution in [1.82, 2.24) is 15.0 Å². The third-order valence-corrected chi connectivity index (χ3v) is 6.09. The standard InChI is InChI=1S/C22H24Cl2N6O2/c1-31-16-10-17(32-2)20(24)21(19(16)23)29-22-14(6-3-7-26-22)15-9-18(28-12-27-15)30-8-4-5-13(25)11-30/h3,6-7,9-10,12-13H,4-5,8,11,25H2,1-2H3,(H,26,29). The first-order valence-corrected chi connectivity index (χ1v) is 10.9. The summed E-state index contributed by atoms with van der Waals surface area (Å²) in [4.78, 5) is 15.6. The number of halogens is 2. The highest BCUT2D eigenvalue weighted by atomic mass is 35.5. The van der Waals surface area contributed by atoms with Crippen LogP contribution in [0.25, 0.3) is 11.3 Å². The van der Waals surface area contributed by atoms with E-state index >= 15 is 0 Å². The lowest BCUT2D eigenvalue weighted by atomic mass is 10.1. The van der Waals surface area contributed by atoms with Gasteiger partial charge in [-0.25, -0.2) is 15.0 Å². The number of pyridine rings is 1.